The fourth-order valence-corrected chi connectivity index (χ4v) is 15.3. The van der Waals surface area contributed by atoms with Gasteiger partial charge in [-0.1, -0.05) is 66.7 Å². The molecule has 0 saturated heterocycles. The average molecular weight is 1240 g/mol. The van der Waals surface area contributed by atoms with Crippen LogP contribution in [-0.2, 0) is 0 Å². The Kier molecular flexibility index (Phi) is 15.2. The summed E-state index contributed by atoms with van der Waals surface area (Å²) in [7, 11) is 0. The summed E-state index contributed by atoms with van der Waals surface area (Å²) in [6.07, 6.45) is 9.18. The summed E-state index contributed by atoms with van der Waals surface area (Å²) >= 11 is 7.14. The van der Waals surface area contributed by atoms with Gasteiger partial charge in [-0.3, -0.25) is 0 Å². The molecule has 0 fully saturated rings. The SMILES string of the molecule is [Be+2].[CH3-].[Se]c1cc(-c2c3ccccc3c(C3=CCCC=C3)c3ccccc23)ccc1-c1cc(-c2[c-]cc(-c3c4ccccc4c(-c4ccccc4)c4ccccc34)cc2)cc(-c2ccc(-c3c4ccccc4c(-c4ccccc4)c4ccccc34)cc2[Se])c1. The van der Waals surface area contributed by atoms with Crippen LogP contribution in [0.1, 0.15) is 18.4 Å². The van der Waals surface area contributed by atoms with Crippen molar-refractivity contribution in [3.63, 3.8) is 0 Å². The third kappa shape index (κ3) is 9.67. The molecule has 0 nitrogen and oxygen atoms in total. The van der Waals surface area contributed by atoms with Crippen LogP contribution in [0.25, 0.3) is 159 Å². The van der Waals surface area contributed by atoms with Crippen molar-refractivity contribution in [2.75, 3.05) is 0 Å². The van der Waals surface area contributed by atoms with E-state index in [9.17, 15) is 0 Å². The van der Waals surface area contributed by atoms with Crippen LogP contribution in [0.3, 0.4) is 0 Å². The van der Waals surface area contributed by atoms with Gasteiger partial charge in [-0.25, -0.2) is 0 Å². The van der Waals surface area contributed by atoms with E-state index in [2.05, 4.69) is 335 Å². The van der Waals surface area contributed by atoms with Gasteiger partial charge in [0.05, 0.1) is 0 Å². The quantitative estimate of drug-likeness (QED) is 0.0768. The second kappa shape index (κ2) is 23.7. The van der Waals surface area contributed by atoms with Crippen molar-refractivity contribution in [1.82, 2.24) is 0 Å². The van der Waals surface area contributed by atoms with Crippen molar-refractivity contribution in [3.05, 3.63) is 316 Å². The first-order valence-electron chi connectivity index (χ1n) is 29.6. The van der Waals surface area contributed by atoms with Gasteiger partial charge in [-0.15, -0.1) is 0 Å². The van der Waals surface area contributed by atoms with Crippen LogP contribution in [0.4, 0.5) is 0 Å². The molecular weight excluding hydrogens is 1190 g/mol. The third-order valence-electron chi connectivity index (χ3n) is 17.7. The Morgan fingerprint density at radius 1 is 0.273 bits per heavy atom. The molecule has 88 heavy (non-hydrogen) atoms. The maximum atomic E-state index is 3.86. The number of rotatable bonds is 9. The first kappa shape index (κ1) is 56.4. The molecule has 0 amide bonds. The Balaban J connectivity index is 0.00000340. The average Bonchev–Trinajstić information content (AvgIpc) is 2.82. The van der Waals surface area contributed by atoms with Crippen molar-refractivity contribution in [2.45, 2.75) is 12.8 Å². The van der Waals surface area contributed by atoms with E-state index in [1.54, 1.807) is 0 Å². The Labute approximate surface area is 535 Å². The molecule has 0 aliphatic heterocycles. The van der Waals surface area contributed by atoms with E-state index < -0.39 is 0 Å². The van der Waals surface area contributed by atoms with E-state index in [-0.39, 0.29) is 17.5 Å². The molecule has 0 heterocycles. The Morgan fingerprint density at radius 3 is 0.920 bits per heavy atom. The molecular formula is C85H56BeSe2. The first-order chi connectivity index (χ1) is 42.5. The topological polar surface area (TPSA) is 0 Å². The standard InChI is InChI=1S/C84H53Se2.CH3.Be/c85-77-51-58(83-73-36-18-14-32-69(73)80(55-24-6-2-7-25-55)70-33-15-19-37-74(70)83)44-46-63(77)61-48-60(53-40-42-57(43-41-53)82-67-30-12-10-28-65(67)79(54-22-4-1-5-23-54)66-29-11-13-31-68(66)82)49-62(50-61)64-47-45-59(52-78(64)86)84-75-38-20-16-34-71(75)81(56-26-8-3-9-27-56)72-35-17-21-39-76(72)84;;/h1-2,4-8,10-40,42-52H,3,9H2;1H3;/q2*-1;+2. The molecule has 0 aromatic heterocycles. The van der Waals surface area contributed by atoms with Gasteiger partial charge in [-0.2, -0.15) is 0 Å². The van der Waals surface area contributed by atoms with Crippen molar-refractivity contribution in [3.8, 4) is 89.0 Å². The minimum atomic E-state index is 0. The second-order valence-electron chi connectivity index (χ2n) is 22.6. The summed E-state index contributed by atoms with van der Waals surface area (Å²) in [5.74, 6) is 0. The molecule has 16 rings (SSSR count). The molecule has 0 atom stereocenters. The zero-order valence-corrected chi connectivity index (χ0v) is 52.2. The predicted molar refractivity (Wildman–Crippen MR) is 383 cm³/mol. The van der Waals surface area contributed by atoms with Gasteiger partial charge in [0.2, 0.25) is 0 Å². The fraction of sp³-hybridized carbons (Fsp3) is 0.0235. The maximum absolute atomic E-state index is 3.86. The van der Waals surface area contributed by atoms with Gasteiger partial charge >= 0.3 is 454 Å². The normalized spacial score (nSPS) is 12.2. The molecule has 0 N–H and O–H groups in total. The van der Waals surface area contributed by atoms with E-state index in [4.69, 9.17) is 0 Å². The Bertz CT molecular complexity index is 5120. The zero-order chi connectivity index (χ0) is 57.2. The number of fused-ring (bicyclic) bond motifs is 6. The van der Waals surface area contributed by atoms with Crippen LogP contribution in [0.2, 0.25) is 0 Å². The summed E-state index contributed by atoms with van der Waals surface area (Å²) in [6, 6.07) is 107. The van der Waals surface area contributed by atoms with Gasteiger partial charge in [0, 0.05) is 0 Å². The molecule has 3 heteroatoms. The van der Waals surface area contributed by atoms with Gasteiger partial charge in [0.1, 0.15) is 0 Å². The van der Waals surface area contributed by atoms with Crippen LogP contribution in [0.5, 0.6) is 0 Å². The van der Waals surface area contributed by atoms with Gasteiger partial charge < -0.3 is 7.43 Å². The number of hydrogen-bond acceptors (Lipinski definition) is 0. The number of hydrogen-bond donors (Lipinski definition) is 0. The summed E-state index contributed by atoms with van der Waals surface area (Å²) in [5.41, 5.74) is 21.4. The molecule has 0 bridgehead atoms. The van der Waals surface area contributed by atoms with Crippen LogP contribution >= 0.6 is 0 Å². The molecule has 2 radical (unpaired) electrons. The molecule has 1 aliphatic rings. The summed E-state index contributed by atoms with van der Waals surface area (Å²) in [4.78, 5) is 0. The van der Waals surface area contributed by atoms with E-state index in [1.165, 1.54) is 126 Å². The van der Waals surface area contributed by atoms with Crippen LogP contribution in [0.15, 0.2) is 297 Å². The van der Waals surface area contributed by atoms with Crippen LogP contribution < -0.4 is 8.92 Å². The summed E-state index contributed by atoms with van der Waals surface area (Å²) < 4.78 is 2.18. The third-order valence-corrected chi connectivity index (χ3v) is 19.1. The first-order valence-corrected chi connectivity index (χ1v) is 31.3. The molecule has 0 spiro atoms. The van der Waals surface area contributed by atoms with Crippen molar-refractivity contribution in [1.29, 1.82) is 0 Å². The predicted octanol–water partition coefficient (Wildman–Crippen LogP) is 21.1. The van der Waals surface area contributed by atoms with Crippen LogP contribution in [0, 0.1) is 13.5 Å². The minimum absolute atomic E-state index is 0. The molecule has 0 unspecified atom stereocenters. The van der Waals surface area contributed by atoms with Gasteiger partial charge in [0.15, 0.2) is 0 Å². The van der Waals surface area contributed by atoms with E-state index >= 15 is 0 Å². The van der Waals surface area contributed by atoms with E-state index in [1.807, 2.05) is 0 Å². The molecule has 15 aromatic carbocycles. The molecule has 15 aromatic rings. The molecule has 0 saturated carbocycles. The van der Waals surface area contributed by atoms with Gasteiger partial charge in [0.25, 0.3) is 0 Å². The van der Waals surface area contributed by atoms with Gasteiger partial charge in [-0.05, 0) is 11.1 Å². The van der Waals surface area contributed by atoms with E-state index in [0.717, 1.165) is 60.7 Å². The molecule has 1 aliphatic carbocycles. The number of benzene rings is 15. The second-order valence-corrected chi connectivity index (χ2v) is 24.5. The summed E-state index contributed by atoms with van der Waals surface area (Å²) in [6.45, 7) is 0. The molecule has 410 valence electrons. The Morgan fingerprint density at radius 2 is 0.591 bits per heavy atom. The Hall–Kier alpha value is -9.45. The van der Waals surface area contributed by atoms with Crippen LogP contribution in [-0.4, -0.2) is 42.1 Å². The van der Waals surface area contributed by atoms with E-state index in [0.29, 0.717) is 0 Å². The van der Waals surface area contributed by atoms with Crippen molar-refractivity contribution < 1.29 is 0 Å². The zero-order valence-electron chi connectivity index (χ0n) is 48.7. The number of allylic oxidation sites excluding steroid dienone is 4. The van der Waals surface area contributed by atoms with Crippen molar-refractivity contribution >= 4 is 121 Å². The monoisotopic (exact) mass is 1250 g/mol. The fourth-order valence-electron chi connectivity index (χ4n) is 13.9. The summed E-state index contributed by atoms with van der Waals surface area (Å²) in [5, 5.41) is 15.0. The van der Waals surface area contributed by atoms with Crippen molar-refractivity contribution in [2.24, 2.45) is 0 Å².